The molecule has 0 aliphatic heterocycles. The van der Waals surface area contributed by atoms with Gasteiger partial charge in [-0.25, -0.2) is 4.79 Å². The first-order chi connectivity index (χ1) is 9.27. The molecule has 1 rings (SSSR count). The van der Waals surface area contributed by atoms with Gasteiger partial charge in [-0.15, -0.1) is 0 Å². The highest BCUT2D eigenvalue weighted by molar-refractivity contribution is 5.96. The number of amides is 2. The Hall–Kier alpha value is -2.48. The van der Waals surface area contributed by atoms with Gasteiger partial charge in [0.15, 0.2) is 5.60 Å². The molecule has 0 saturated heterocycles. The summed E-state index contributed by atoms with van der Waals surface area (Å²) < 4.78 is 0. The fourth-order valence-corrected chi connectivity index (χ4v) is 1.22. The van der Waals surface area contributed by atoms with Crippen LogP contribution in [0.1, 0.15) is 27.8 Å². The summed E-state index contributed by atoms with van der Waals surface area (Å²) >= 11 is 0. The van der Waals surface area contributed by atoms with Crippen molar-refractivity contribution < 1.29 is 24.6 Å². The zero-order valence-electron chi connectivity index (χ0n) is 11.0. The van der Waals surface area contributed by atoms with E-state index in [1.165, 1.54) is 25.4 Å². The number of hydrogen-bond donors (Lipinski definition) is 4. The van der Waals surface area contributed by atoms with E-state index < -0.39 is 24.0 Å². The number of rotatable bonds is 5. The summed E-state index contributed by atoms with van der Waals surface area (Å²) in [6.07, 6.45) is 1.19. The molecule has 20 heavy (non-hydrogen) atoms. The number of carbonyl (C=O) groups is 3. The fraction of sp³-hybridized carbons (Fsp3) is 0.333. The lowest BCUT2D eigenvalue weighted by Crippen LogP contribution is -2.46. The van der Waals surface area contributed by atoms with Crippen LogP contribution in [0.5, 0.6) is 0 Å². The molecular formula is C12H15N3O5. The lowest BCUT2D eigenvalue weighted by Gasteiger charge is -2.18. The molecule has 1 atom stereocenters. The molecule has 1 unspecified atom stereocenters. The first-order valence-corrected chi connectivity index (χ1v) is 5.70. The zero-order chi connectivity index (χ0) is 15.3. The summed E-state index contributed by atoms with van der Waals surface area (Å²) in [6.45, 7) is 0.626. The molecular weight excluding hydrogens is 266 g/mol. The number of hydrogen-bond acceptors (Lipinski definition) is 5. The molecule has 0 spiro atoms. The molecule has 0 aliphatic carbocycles. The lowest BCUT2D eigenvalue weighted by atomic mass is 10.1. The van der Waals surface area contributed by atoms with Crippen LogP contribution >= 0.6 is 0 Å². The van der Waals surface area contributed by atoms with Crippen LogP contribution in [0, 0.1) is 0 Å². The number of aromatic nitrogens is 1. The highest BCUT2D eigenvalue weighted by atomic mass is 16.4. The van der Waals surface area contributed by atoms with Gasteiger partial charge in [0.2, 0.25) is 0 Å². The normalized spacial score (nSPS) is 13.2. The van der Waals surface area contributed by atoms with Crippen molar-refractivity contribution in [2.45, 2.75) is 12.5 Å². The number of carboxylic acids is 1. The minimum Gasteiger partial charge on any atom is -0.479 e. The standard InChI is InChI=1S/C12H15N3O5/c1-12(20,11(18)19)6-15-9(16)7-3-4-8(14-5-7)10(17)13-2/h3-5,20H,6H2,1-2H3,(H,13,17)(H,15,16)(H,18,19). The van der Waals surface area contributed by atoms with E-state index in [9.17, 15) is 19.5 Å². The summed E-state index contributed by atoms with van der Waals surface area (Å²) in [5, 5.41) is 22.8. The van der Waals surface area contributed by atoms with Crippen LogP contribution in [0.3, 0.4) is 0 Å². The van der Waals surface area contributed by atoms with E-state index in [-0.39, 0.29) is 17.2 Å². The number of nitrogens with zero attached hydrogens (tertiary/aromatic N) is 1. The van der Waals surface area contributed by atoms with Crippen molar-refractivity contribution >= 4 is 17.8 Å². The number of aliphatic hydroxyl groups is 1. The van der Waals surface area contributed by atoms with E-state index in [2.05, 4.69) is 15.6 Å². The molecule has 0 bridgehead atoms. The predicted molar refractivity (Wildman–Crippen MR) is 68.2 cm³/mol. The van der Waals surface area contributed by atoms with Crippen LogP contribution in [-0.2, 0) is 4.79 Å². The predicted octanol–water partition coefficient (Wildman–Crippen LogP) is -0.993. The molecule has 2 amide bonds. The summed E-state index contributed by atoms with van der Waals surface area (Å²) in [7, 11) is 1.46. The average Bonchev–Trinajstić information content (AvgIpc) is 2.44. The monoisotopic (exact) mass is 281 g/mol. The van der Waals surface area contributed by atoms with Crippen molar-refractivity contribution in [1.82, 2.24) is 15.6 Å². The van der Waals surface area contributed by atoms with E-state index in [0.29, 0.717) is 0 Å². The van der Waals surface area contributed by atoms with Crippen molar-refractivity contribution in [3.05, 3.63) is 29.6 Å². The first-order valence-electron chi connectivity index (χ1n) is 5.70. The van der Waals surface area contributed by atoms with E-state index >= 15 is 0 Å². The topological polar surface area (TPSA) is 129 Å². The molecule has 0 saturated carbocycles. The van der Waals surface area contributed by atoms with Crippen molar-refractivity contribution in [3.63, 3.8) is 0 Å². The molecule has 8 heteroatoms. The van der Waals surface area contributed by atoms with Crippen LogP contribution in [0.25, 0.3) is 0 Å². The van der Waals surface area contributed by atoms with Crippen LogP contribution in [0.2, 0.25) is 0 Å². The van der Waals surface area contributed by atoms with Crippen LogP contribution in [0.4, 0.5) is 0 Å². The van der Waals surface area contributed by atoms with Crippen LogP contribution < -0.4 is 10.6 Å². The van der Waals surface area contributed by atoms with E-state index in [1.54, 1.807) is 0 Å². The number of carboxylic acid groups (broad SMARTS) is 1. The first kappa shape index (κ1) is 15.6. The molecule has 1 aromatic heterocycles. The Morgan fingerprint density at radius 2 is 1.95 bits per heavy atom. The molecule has 108 valence electrons. The molecule has 4 N–H and O–H groups in total. The largest absolute Gasteiger partial charge is 0.479 e. The van der Waals surface area contributed by atoms with Crippen molar-refractivity contribution in [2.75, 3.05) is 13.6 Å². The van der Waals surface area contributed by atoms with E-state index in [0.717, 1.165) is 6.92 Å². The van der Waals surface area contributed by atoms with Crippen molar-refractivity contribution in [1.29, 1.82) is 0 Å². The number of carbonyl (C=O) groups excluding carboxylic acids is 2. The van der Waals surface area contributed by atoms with Crippen LogP contribution in [-0.4, -0.2) is 52.2 Å². The second-order valence-corrected chi connectivity index (χ2v) is 4.27. The van der Waals surface area contributed by atoms with Gasteiger partial charge in [-0.1, -0.05) is 0 Å². The lowest BCUT2D eigenvalue weighted by molar-refractivity contribution is -0.155. The minimum absolute atomic E-state index is 0.152. The van der Waals surface area contributed by atoms with Crippen molar-refractivity contribution in [3.8, 4) is 0 Å². The number of pyridine rings is 1. The fourth-order valence-electron chi connectivity index (χ4n) is 1.22. The smallest absolute Gasteiger partial charge is 0.337 e. The molecule has 1 heterocycles. The highest BCUT2D eigenvalue weighted by Gasteiger charge is 2.30. The third-order valence-corrected chi connectivity index (χ3v) is 2.54. The quantitative estimate of drug-likeness (QED) is 0.548. The third-order valence-electron chi connectivity index (χ3n) is 2.54. The van der Waals surface area contributed by atoms with E-state index in [4.69, 9.17) is 5.11 Å². The van der Waals surface area contributed by atoms with Gasteiger partial charge in [-0.3, -0.25) is 14.6 Å². The highest BCUT2D eigenvalue weighted by Crippen LogP contribution is 2.04. The Morgan fingerprint density at radius 3 is 2.40 bits per heavy atom. The van der Waals surface area contributed by atoms with Gasteiger partial charge >= 0.3 is 5.97 Å². The zero-order valence-corrected chi connectivity index (χ0v) is 11.0. The number of aliphatic carboxylic acids is 1. The summed E-state index contributed by atoms with van der Waals surface area (Å²) in [4.78, 5) is 37.4. The Labute approximate surface area is 114 Å². The van der Waals surface area contributed by atoms with Crippen LogP contribution in [0.15, 0.2) is 18.3 Å². The maximum atomic E-state index is 11.7. The second-order valence-electron chi connectivity index (χ2n) is 4.27. The maximum Gasteiger partial charge on any atom is 0.337 e. The minimum atomic E-state index is -2.05. The summed E-state index contributed by atoms with van der Waals surface area (Å²) in [6, 6.07) is 2.74. The Kier molecular flexibility index (Phi) is 4.76. The molecule has 0 fully saturated rings. The van der Waals surface area contributed by atoms with Gasteiger partial charge in [0.25, 0.3) is 11.8 Å². The molecule has 0 aromatic carbocycles. The molecule has 8 nitrogen and oxygen atoms in total. The van der Waals surface area contributed by atoms with Gasteiger partial charge < -0.3 is 20.8 Å². The molecule has 0 aliphatic rings. The van der Waals surface area contributed by atoms with Gasteiger partial charge in [-0.2, -0.15) is 0 Å². The third kappa shape index (κ3) is 3.75. The molecule has 1 aromatic rings. The average molecular weight is 281 g/mol. The van der Waals surface area contributed by atoms with Gasteiger partial charge in [0, 0.05) is 13.2 Å². The van der Waals surface area contributed by atoms with Gasteiger partial charge in [0.05, 0.1) is 12.1 Å². The Bertz CT molecular complexity index is 524. The SMILES string of the molecule is CNC(=O)c1ccc(C(=O)NCC(C)(O)C(=O)O)cn1. The Morgan fingerprint density at radius 1 is 1.30 bits per heavy atom. The van der Waals surface area contributed by atoms with Crippen molar-refractivity contribution in [2.24, 2.45) is 0 Å². The summed E-state index contributed by atoms with van der Waals surface area (Å²) in [5.74, 6) is -2.42. The van der Waals surface area contributed by atoms with Gasteiger partial charge in [0.1, 0.15) is 5.69 Å². The molecule has 0 radical (unpaired) electrons. The van der Waals surface area contributed by atoms with Gasteiger partial charge in [-0.05, 0) is 19.1 Å². The van der Waals surface area contributed by atoms with E-state index in [1.807, 2.05) is 0 Å². The second kappa shape index (κ2) is 6.11. The maximum absolute atomic E-state index is 11.7. The Balaban J connectivity index is 2.69. The number of nitrogens with one attached hydrogen (secondary N) is 2. The summed E-state index contributed by atoms with van der Waals surface area (Å²) in [5.41, 5.74) is -1.74.